The van der Waals surface area contributed by atoms with Crippen LogP contribution in [0.5, 0.6) is 5.75 Å². The summed E-state index contributed by atoms with van der Waals surface area (Å²) in [4.78, 5) is 2.84. The Kier molecular flexibility index (Phi) is 6.45. The van der Waals surface area contributed by atoms with Crippen LogP contribution in [0.2, 0.25) is 13.1 Å². The molecule has 0 amide bonds. The predicted molar refractivity (Wildman–Crippen MR) is 157 cm³/mol. The van der Waals surface area contributed by atoms with Crippen LogP contribution in [-0.2, 0) is 10.8 Å². The fraction of sp³-hybridized carbons (Fsp3) is 0.467. The highest BCUT2D eigenvalue weighted by Crippen LogP contribution is 2.46. The second kappa shape index (κ2) is 8.57. The van der Waals surface area contributed by atoms with E-state index in [0.29, 0.717) is 11.9 Å². The fourth-order valence-electron chi connectivity index (χ4n) is 5.20. The third-order valence-electron chi connectivity index (χ3n) is 7.07. The first-order chi connectivity index (χ1) is 15.7. The monoisotopic (exact) mass is 508 g/mol. The molecule has 0 N–H and O–H groups in total. The molecule has 2 heterocycles. The van der Waals surface area contributed by atoms with Gasteiger partial charge in [-0.1, -0.05) is 79.4 Å². The summed E-state index contributed by atoms with van der Waals surface area (Å²) in [7, 11) is -2.12. The molecule has 1 aliphatic heterocycles. The summed E-state index contributed by atoms with van der Waals surface area (Å²) in [5.41, 5.74) is 4.29. The molecule has 0 spiro atoms. The molecular formula is C30H40OS2Si. The van der Waals surface area contributed by atoms with Gasteiger partial charge in [0.1, 0.15) is 20.4 Å². The average Bonchev–Trinajstić information content (AvgIpc) is 3.33. The molecule has 0 saturated heterocycles. The van der Waals surface area contributed by atoms with E-state index in [1.165, 1.54) is 41.4 Å². The van der Waals surface area contributed by atoms with Gasteiger partial charge in [0.2, 0.25) is 0 Å². The molecule has 34 heavy (non-hydrogen) atoms. The van der Waals surface area contributed by atoms with Crippen molar-refractivity contribution in [3.63, 3.8) is 0 Å². The van der Waals surface area contributed by atoms with E-state index in [0.717, 1.165) is 5.75 Å². The van der Waals surface area contributed by atoms with Crippen LogP contribution < -0.4 is 19.7 Å². The Morgan fingerprint density at radius 1 is 1.03 bits per heavy atom. The molecule has 182 valence electrons. The lowest BCUT2D eigenvalue weighted by atomic mass is 9.80. The van der Waals surface area contributed by atoms with Gasteiger partial charge in [0.15, 0.2) is 0 Å². The summed E-state index contributed by atoms with van der Waals surface area (Å²) in [5, 5.41) is 5.03. The molecule has 0 bridgehead atoms. The van der Waals surface area contributed by atoms with Gasteiger partial charge in [0, 0.05) is 9.41 Å². The van der Waals surface area contributed by atoms with Crippen LogP contribution in [0.25, 0.3) is 10.8 Å². The summed E-state index contributed by atoms with van der Waals surface area (Å²) >= 11 is 4.03. The summed E-state index contributed by atoms with van der Waals surface area (Å²) in [6, 6.07) is 7.31. The molecule has 2 aliphatic rings. The third kappa shape index (κ3) is 4.31. The molecule has 2 aromatic rings. The van der Waals surface area contributed by atoms with Crippen molar-refractivity contribution in [3.8, 4) is 5.75 Å². The van der Waals surface area contributed by atoms with E-state index in [1.54, 1.807) is 5.20 Å². The molecule has 0 radical (unpaired) electrons. The number of allylic oxidation sites excluding steroid dienone is 2. The van der Waals surface area contributed by atoms with Crippen LogP contribution in [0, 0.1) is 6.92 Å². The Morgan fingerprint density at radius 2 is 1.71 bits per heavy atom. The molecular weight excluding hydrogens is 469 g/mol. The van der Waals surface area contributed by atoms with Gasteiger partial charge in [0.25, 0.3) is 0 Å². The molecule has 0 saturated carbocycles. The first-order valence-corrected chi connectivity index (χ1v) is 17.0. The number of rotatable bonds is 5. The smallest absolute Gasteiger partial charge is 0.123 e. The minimum absolute atomic E-state index is 0.0143. The van der Waals surface area contributed by atoms with Gasteiger partial charge in [-0.05, 0) is 74.0 Å². The number of fused-ring (bicyclic) bond motifs is 2. The van der Waals surface area contributed by atoms with Crippen LogP contribution in [0.3, 0.4) is 0 Å². The van der Waals surface area contributed by atoms with E-state index >= 15 is 0 Å². The minimum Gasteiger partial charge on any atom is -0.489 e. The van der Waals surface area contributed by atoms with E-state index in [-0.39, 0.29) is 10.8 Å². The second-order valence-electron chi connectivity index (χ2n) is 12.3. The summed E-state index contributed by atoms with van der Waals surface area (Å²) in [6.07, 6.45) is 4.30. The maximum atomic E-state index is 6.56. The number of benzene rings is 1. The lowest BCUT2D eigenvalue weighted by Gasteiger charge is -2.35. The van der Waals surface area contributed by atoms with Crippen LogP contribution >= 0.6 is 23.1 Å². The molecule has 1 atom stereocenters. The van der Waals surface area contributed by atoms with Gasteiger partial charge in [-0.2, -0.15) is 0 Å². The van der Waals surface area contributed by atoms with Gasteiger partial charge >= 0.3 is 0 Å². The number of hydrogen-bond acceptors (Lipinski definition) is 3. The lowest BCUT2D eigenvalue weighted by molar-refractivity contribution is 0.353. The molecule has 0 fully saturated rings. The molecule has 1 aromatic carbocycles. The predicted octanol–water partition coefficient (Wildman–Crippen LogP) is 6.71. The van der Waals surface area contributed by atoms with Gasteiger partial charge in [-0.15, -0.1) is 23.1 Å². The van der Waals surface area contributed by atoms with Crippen molar-refractivity contribution in [1.82, 2.24) is 0 Å². The Balaban J connectivity index is 2.06. The molecule has 4 heteroatoms. The molecule has 1 aliphatic carbocycles. The standard InChI is InChI=1S/C30H40OS2Si/c1-12-13-31-25-23(30(7,8)9)16-20(29(4,5)6)17-24(25)34(10,11)28-26-21(14-18(2)32-26)22-15-19(3)33-27(22)28/h12,14-17,26H,1,13H2,2-11H3. The first kappa shape index (κ1) is 25.6. The van der Waals surface area contributed by atoms with Gasteiger partial charge in [-0.3, -0.25) is 0 Å². The highest BCUT2D eigenvalue weighted by atomic mass is 32.2. The van der Waals surface area contributed by atoms with Crippen molar-refractivity contribution in [2.75, 3.05) is 6.61 Å². The molecule has 1 aromatic heterocycles. The summed E-state index contributed by atoms with van der Waals surface area (Å²) < 4.78 is 8.09. The topological polar surface area (TPSA) is 9.23 Å². The van der Waals surface area contributed by atoms with Crippen molar-refractivity contribution >= 4 is 47.1 Å². The van der Waals surface area contributed by atoms with Crippen molar-refractivity contribution in [2.24, 2.45) is 0 Å². The first-order valence-electron chi connectivity index (χ1n) is 12.3. The third-order valence-corrected chi connectivity index (χ3v) is 13.4. The number of thioether (sulfide) groups is 1. The number of ether oxygens (including phenoxy) is 1. The highest BCUT2D eigenvalue weighted by Gasteiger charge is 2.44. The summed E-state index contributed by atoms with van der Waals surface area (Å²) in [6.45, 7) is 28.0. The molecule has 1 unspecified atom stereocenters. The van der Waals surface area contributed by atoms with Crippen LogP contribution in [0.15, 0.2) is 41.8 Å². The Labute approximate surface area is 215 Å². The van der Waals surface area contributed by atoms with Crippen LogP contribution in [-0.4, -0.2) is 19.9 Å². The number of hydrogen-bond donors (Lipinski definition) is 0. The largest absolute Gasteiger partial charge is 0.489 e. The van der Waals surface area contributed by atoms with Crippen LogP contribution in [0.1, 0.15) is 64.5 Å². The van der Waals surface area contributed by atoms with E-state index in [9.17, 15) is 0 Å². The lowest BCUT2D eigenvalue weighted by Crippen LogP contribution is -2.49. The van der Waals surface area contributed by atoms with Gasteiger partial charge < -0.3 is 4.74 Å². The average molecular weight is 509 g/mol. The van der Waals surface area contributed by atoms with E-state index in [1.807, 2.05) is 29.2 Å². The van der Waals surface area contributed by atoms with Crippen LogP contribution in [0.4, 0.5) is 0 Å². The quantitative estimate of drug-likeness (QED) is 0.328. The molecule has 1 nitrogen and oxygen atoms in total. The maximum absolute atomic E-state index is 6.56. The van der Waals surface area contributed by atoms with Gasteiger partial charge in [0.05, 0.1) is 5.25 Å². The van der Waals surface area contributed by atoms with Crippen molar-refractivity contribution in [1.29, 1.82) is 0 Å². The Hall–Kier alpha value is -1.49. The zero-order valence-corrected chi connectivity index (χ0v) is 25.2. The summed E-state index contributed by atoms with van der Waals surface area (Å²) in [5.74, 6) is 1.10. The van der Waals surface area contributed by atoms with E-state index in [2.05, 4.69) is 99.3 Å². The van der Waals surface area contributed by atoms with Gasteiger partial charge in [-0.25, -0.2) is 0 Å². The number of aryl methyl sites for hydroxylation is 1. The highest BCUT2D eigenvalue weighted by molar-refractivity contribution is 8.05. The zero-order chi connectivity index (χ0) is 25.2. The van der Waals surface area contributed by atoms with Crippen molar-refractivity contribution in [2.45, 2.75) is 84.6 Å². The number of thiophene rings is 1. The zero-order valence-electron chi connectivity index (χ0n) is 22.6. The van der Waals surface area contributed by atoms with E-state index < -0.39 is 8.07 Å². The van der Waals surface area contributed by atoms with Crippen molar-refractivity contribution < 1.29 is 4.74 Å². The van der Waals surface area contributed by atoms with E-state index in [4.69, 9.17) is 4.74 Å². The normalized spacial score (nSPS) is 18.2. The minimum atomic E-state index is -2.12. The molecule has 4 rings (SSSR count). The fourth-order valence-corrected chi connectivity index (χ4v) is 12.5. The Bertz CT molecular complexity index is 1310. The second-order valence-corrected chi connectivity index (χ2v) is 19.3. The Morgan fingerprint density at radius 3 is 2.29 bits per heavy atom. The van der Waals surface area contributed by atoms with Crippen molar-refractivity contribution in [3.05, 3.63) is 67.6 Å². The SMILES string of the molecule is C=CCOc1c(C(C)(C)C)cc(C(C)(C)C)cc1[Si](C)(C)C1=c2sc(C)cc2=C2C=C(C)SC21. The maximum Gasteiger partial charge on any atom is 0.123 e.